The molecule has 1 aromatic heterocycles. The smallest absolute Gasteiger partial charge is 0.269 e. The fourth-order valence-electron chi connectivity index (χ4n) is 2.95. The number of aromatic nitrogens is 1. The van der Waals surface area contributed by atoms with E-state index in [-0.39, 0.29) is 18.2 Å². The summed E-state index contributed by atoms with van der Waals surface area (Å²) in [6.07, 6.45) is 5.20. The normalized spacial score (nSPS) is 14.4. The lowest BCUT2D eigenvalue weighted by atomic mass is 10.2. The van der Waals surface area contributed by atoms with Gasteiger partial charge in [0.15, 0.2) is 11.5 Å². The summed E-state index contributed by atoms with van der Waals surface area (Å²) in [5.41, 5.74) is 5.85. The van der Waals surface area contributed by atoms with Gasteiger partial charge >= 0.3 is 0 Å². The Morgan fingerprint density at radius 1 is 1.12 bits per heavy atom. The van der Waals surface area contributed by atoms with Crippen LogP contribution in [0.1, 0.15) is 28.8 Å². The second-order valence-electron chi connectivity index (χ2n) is 6.79. The number of hydrogen-bond donors (Lipinski definition) is 2. The summed E-state index contributed by atoms with van der Waals surface area (Å²) < 4.78 is 11.0. The summed E-state index contributed by atoms with van der Waals surface area (Å²) in [6, 6.07) is 8.42. The molecule has 2 aromatic rings. The first kappa shape index (κ1) is 24.2. The van der Waals surface area contributed by atoms with Gasteiger partial charge in [-0.3, -0.25) is 35.1 Å². The Labute approximate surface area is 200 Å². The molecule has 172 valence electrons. The second-order valence-corrected chi connectivity index (χ2v) is 8.47. The number of nitrogens with one attached hydrogen (secondary N) is 2. The lowest BCUT2D eigenvalue weighted by Crippen LogP contribution is -2.41. The summed E-state index contributed by atoms with van der Waals surface area (Å²) in [5.74, 6) is 0.124. The van der Waals surface area contributed by atoms with Crippen molar-refractivity contribution in [3.8, 4) is 11.5 Å². The van der Waals surface area contributed by atoms with Crippen molar-refractivity contribution in [1.82, 2.24) is 20.7 Å². The zero-order chi connectivity index (χ0) is 23.8. The number of methoxy groups -OCH3 is 2. The minimum Gasteiger partial charge on any atom is -0.493 e. The van der Waals surface area contributed by atoms with Gasteiger partial charge in [0.2, 0.25) is 5.91 Å². The highest BCUT2D eigenvalue weighted by Crippen LogP contribution is 2.34. The van der Waals surface area contributed by atoms with E-state index in [0.717, 1.165) is 5.56 Å². The number of thiocarbonyl (C=S) groups is 1. The van der Waals surface area contributed by atoms with Gasteiger partial charge in [-0.1, -0.05) is 30.0 Å². The molecule has 0 saturated carbocycles. The lowest BCUT2D eigenvalue weighted by Gasteiger charge is -2.14. The number of nitrogens with zero attached hydrogens (tertiary/aromatic N) is 2. The van der Waals surface area contributed by atoms with Gasteiger partial charge in [-0.05, 0) is 42.3 Å². The molecule has 11 heteroatoms. The average Bonchev–Trinajstić information content (AvgIpc) is 3.10. The molecule has 3 rings (SSSR count). The maximum absolute atomic E-state index is 12.8. The second kappa shape index (κ2) is 11.4. The van der Waals surface area contributed by atoms with Crippen LogP contribution in [0.4, 0.5) is 0 Å². The van der Waals surface area contributed by atoms with Crippen LogP contribution in [0.15, 0.2) is 47.6 Å². The molecule has 9 nitrogen and oxygen atoms in total. The summed E-state index contributed by atoms with van der Waals surface area (Å²) in [6.45, 7) is 0.291. The first-order valence-corrected chi connectivity index (χ1v) is 11.1. The maximum atomic E-state index is 12.8. The van der Waals surface area contributed by atoms with Crippen molar-refractivity contribution in [3.05, 3.63) is 58.8 Å². The SMILES string of the molecule is COc1ccc(C=C2SC(=S)N(CCCC(=O)NNC(=O)c3ccncc3)C2=O)cc1OC. The van der Waals surface area contributed by atoms with Gasteiger partial charge in [0.05, 0.1) is 19.1 Å². The zero-order valence-corrected chi connectivity index (χ0v) is 19.6. The van der Waals surface area contributed by atoms with E-state index >= 15 is 0 Å². The summed E-state index contributed by atoms with van der Waals surface area (Å²) in [5, 5.41) is 0. The number of carbonyl (C=O) groups excluding carboxylic acids is 3. The number of thioether (sulfide) groups is 1. The van der Waals surface area contributed by atoms with Gasteiger partial charge in [0, 0.05) is 30.9 Å². The van der Waals surface area contributed by atoms with Crippen LogP contribution in [0.3, 0.4) is 0 Å². The molecule has 3 amide bonds. The van der Waals surface area contributed by atoms with Crippen LogP contribution in [0.2, 0.25) is 0 Å². The Morgan fingerprint density at radius 3 is 2.55 bits per heavy atom. The van der Waals surface area contributed by atoms with Crippen LogP contribution in [0.25, 0.3) is 6.08 Å². The van der Waals surface area contributed by atoms with E-state index in [4.69, 9.17) is 21.7 Å². The number of pyridine rings is 1. The van der Waals surface area contributed by atoms with Crippen LogP contribution in [0, 0.1) is 0 Å². The molecule has 2 heterocycles. The molecule has 33 heavy (non-hydrogen) atoms. The van der Waals surface area contributed by atoms with Crippen molar-refractivity contribution in [2.45, 2.75) is 12.8 Å². The molecular weight excluding hydrogens is 464 g/mol. The quantitative estimate of drug-likeness (QED) is 0.333. The molecular formula is C22H22N4O5S2. The van der Waals surface area contributed by atoms with Crippen LogP contribution < -0.4 is 20.3 Å². The van der Waals surface area contributed by atoms with Gasteiger partial charge < -0.3 is 9.47 Å². The highest BCUT2D eigenvalue weighted by Gasteiger charge is 2.31. The molecule has 0 aliphatic carbocycles. The summed E-state index contributed by atoms with van der Waals surface area (Å²) in [4.78, 5) is 42.5. The molecule has 0 radical (unpaired) electrons. The van der Waals surface area contributed by atoms with Gasteiger partial charge in [-0.15, -0.1) is 0 Å². The van der Waals surface area contributed by atoms with E-state index in [1.54, 1.807) is 32.4 Å². The van der Waals surface area contributed by atoms with Gasteiger partial charge in [-0.2, -0.15) is 0 Å². The molecule has 1 aliphatic rings. The molecule has 1 saturated heterocycles. The molecule has 1 fully saturated rings. The van der Waals surface area contributed by atoms with E-state index in [0.29, 0.717) is 39.3 Å². The van der Waals surface area contributed by atoms with E-state index in [9.17, 15) is 14.4 Å². The number of ether oxygens (including phenoxy) is 2. The monoisotopic (exact) mass is 486 g/mol. The summed E-state index contributed by atoms with van der Waals surface area (Å²) in [7, 11) is 3.10. The third kappa shape index (κ3) is 6.30. The first-order valence-electron chi connectivity index (χ1n) is 9.89. The molecule has 0 atom stereocenters. The maximum Gasteiger partial charge on any atom is 0.269 e. The predicted molar refractivity (Wildman–Crippen MR) is 129 cm³/mol. The minimum absolute atomic E-state index is 0.114. The van der Waals surface area contributed by atoms with E-state index < -0.39 is 5.91 Å². The number of benzene rings is 1. The van der Waals surface area contributed by atoms with E-state index in [2.05, 4.69) is 15.8 Å². The van der Waals surface area contributed by atoms with Crippen molar-refractivity contribution < 1.29 is 23.9 Å². The Kier molecular flexibility index (Phi) is 8.39. The molecule has 2 N–H and O–H groups in total. The van der Waals surface area contributed by atoms with E-state index in [1.165, 1.54) is 41.2 Å². The summed E-state index contributed by atoms with van der Waals surface area (Å²) >= 11 is 6.54. The number of amides is 3. The number of hydrazine groups is 1. The molecule has 0 unspecified atom stereocenters. The fourth-order valence-corrected chi connectivity index (χ4v) is 4.26. The zero-order valence-electron chi connectivity index (χ0n) is 18.0. The Bertz CT molecular complexity index is 1090. The number of hydrogen-bond acceptors (Lipinski definition) is 8. The number of carbonyl (C=O) groups is 3. The lowest BCUT2D eigenvalue weighted by molar-refractivity contribution is -0.124. The molecule has 0 spiro atoms. The van der Waals surface area contributed by atoms with Crippen LogP contribution >= 0.6 is 24.0 Å². The highest BCUT2D eigenvalue weighted by molar-refractivity contribution is 8.26. The van der Waals surface area contributed by atoms with Gasteiger partial charge in [0.25, 0.3) is 11.8 Å². The first-order chi connectivity index (χ1) is 15.9. The van der Waals surface area contributed by atoms with Gasteiger partial charge in [-0.25, -0.2) is 0 Å². The predicted octanol–water partition coefficient (Wildman–Crippen LogP) is 2.54. The Balaban J connectivity index is 1.50. The number of rotatable bonds is 8. The van der Waals surface area contributed by atoms with Crippen LogP contribution in [-0.4, -0.2) is 52.7 Å². The topological polar surface area (TPSA) is 110 Å². The molecule has 0 bridgehead atoms. The van der Waals surface area contributed by atoms with Crippen molar-refractivity contribution in [2.75, 3.05) is 20.8 Å². The van der Waals surface area contributed by atoms with Crippen LogP contribution in [0.5, 0.6) is 11.5 Å². The van der Waals surface area contributed by atoms with Crippen molar-refractivity contribution in [1.29, 1.82) is 0 Å². The third-order valence-corrected chi connectivity index (χ3v) is 6.00. The largest absolute Gasteiger partial charge is 0.493 e. The van der Waals surface area contributed by atoms with Crippen LogP contribution in [-0.2, 0) is 9.59 Å². The van der Waals surface area contributed by atoms with Crippen molar-refractivity contribution >= 4 is 52.1 Å². The molecule has 1 aliphatic heterocycles. The van der Waals surface area contributed by atoms with Crippen molar-refractivity contribution in [3.63, 3.8) is 0 Å². The van der Waals surface area contributed by atoms with Crippen molar-refractivity contribution in [2.24, 2.45) is 0 Å². The fraction of sp³-hybridized carbons (Fsp3) is 0.227. The van der Waals surface area contributed by atoms with Gasteiger partial charge in [0.1, 0.15) is 4.32 Å². The Hall–Kier alpha value is -3.44. The average molecular weight is 487 g/mol. The minimum atomic E-state index is -0.442. The highest BCUT2D eigenvalue weighted by atomic mass is 32.2. The molecule has 1 aromatic carbocycles. The Morgan fingerprint density at radius 2 is 1.85 bits per heavy atom. The van der Waals surface area contributed by atoms with E-state index in [1.807, 2.05) is 6.07 Å². The third-order valence-electron chi connectivity index (χ3n) is 4.62. The standard InChI is InChI=1S/C22H22N4O5S2/c1-30-16-6-5-14(12-17(16)31-2)13-18-21(29)26(22(32)33-18)11-3-4-19(27)24-25-20(28)15-7-9-23-10-8-15/h5-10,12-13H,3-4,11H2,1-2H3,(H,24,27)(H,25,28).